The zero-order valence-electron chi connectivity index (χ0n) is 13.0. The molecule has 0 aliphatic carbocycles. The van der Waals surface area contributed by atoms with Crippen LogP contribution in [0.4, 0.5) is 5.13 Å². The van der Waals surface area contributed by atoms with Crippen molar-refractivity contribution in [3.05, 3.63) is 29.1 Å². The fraction of sp³-hybridized carbons (Fsp3) is 0.333. The van der Waals surface area contributed by atoms with Crippen molar-refractivity contribution >= 4 is 34.8 Å². The van der Waals surface area contributed by atoms with Crippen LogP contribution in [-0.2, 0) is 4.79 Å². The van der Waals surface area contributed by atoms with Gasteiger partial charge in [0.05, 0.1) is 18.3 Å². The average Bonchev–Trinajstić information content (AvgIpc) is 2.86. The van der Waals surface area contributed by atoms with Gasteiger partial charge in [0.25, 0.3) is 0 Å². The maximum Gasteiger partial charge on any atom is 0.245 e. The van der Waals surface area contributed by atoms with Crippen LogP contribution < -0.4 is 15.8 Å². The second-order valence-electron chi connectivity index (χ2n) is 5.42. The topological polar surface area (TPSA) is 77.2 Å². The van der Waals surface area contributed by atoms with E-state index < -0.39 is 5.54 Å². The molecule has 0 radical (unpaired) electrons. The van der Waals surface area contributed by atoms with Crippen molar-refractivity contribution in [1.82, 2.24) is 4.98 Å². The van der Waals surface area contributed by atoms with Gasteiger partial charge >= 0.3 is 0 Å². The molecule has 0 saturated heterocycles. The van der Waals surface area contributed by atoms with Crippen LogP contribution >= 0.6 is 23.7 Å². The largest absolute Gasteiger partial charge is 0.496 e. The lowest BCUT2D eigenvalue weighted by atomic mass is 10.1. The van der Waals surface area contributed by atoms with E-state index in [1.54, 1.807) is 21.0 Å². The van der Waals surface area contributed by atoms with Crippen LogP contribution in [-0.4, -0.2) is 23.5 Å². The van der Waals surface area contributed by atoms with E-state index in [1.807, 2.05) is 30.5 Å². The summed E-state index contributed by atoms with van der Waals surface area (Å²) in [5.41, 5.74) is 7.61. The summed E-state index contributed by atoms with van der Waals surface area (Å²) in [6.07, 6.45) is 0. The van der Waals surface area contributed by atoms with E-state index in [0.717, 1.165) is 22.6 Å². The Bertz CT molecular complexity index is 665. The molecule has 1 heterocycles. The first-order valence-corrected chi connectivity index (χ1v) is 7.40. The summed E-state index contributed by atoms with van der Waals surface area (Å²) >= 11 is 1.36. The van der Waals surface area contributed by atoms with Gasteiger partial charge in [-0.1, -0.05) is 11.6 Å². The smallest absolute Gasteiger partial charge is 0.245 e. The summed E-state index contributed by atoms with van der Waals surface area (Å²) in [4.78, 5) is 16.3. The van der Waals surface area contributed by atoms with Gasteiger partial charge in [0.15, 0.2) is 5.13 Å². The van der Waals surface area contributed by atoms with Crippen LogP contribution in [0, 0.1) is 6.92 Å². The van der Waals surface area contributed by atoms with Crippen molar-refractivity contribution in [3.8, 4) is 17.0 Å². The third kappa shape index (κ3) is 4.19. The summed E-state index contributed by atoms with van der Waals surface area (Å²) in [5, 5.41) is 5.14. The Morgan fingerprint density at radius 1 is 1.41 bits per heavy atom. The predicted molar refractivity (Wildman–Crippen MR) is 93.0 cm³/mol. The van der Waals surface area contributed by atoms with Crippen LogP contribution in [0.3, 0.4) is 0 Å². The number of methoxy groups -OCH3 is 1. The van der Waals surface area contributed by atoms with Crippen molar-refractivity contribution in [2.75, 3.05) is 12.4 Å². The molecule has 0 aliphatic rings. The predicted octanol–water partition coefficient (Wildman–Crippen LogP) is 3.22. The lowest BCUT2D eigenvalue weighted by Crippen LogP contribution is -2.45. The highest BCUT2D eigenvalue weighted by Gasteiger charge is 2.23. The first kappa shape index (κ1) is 18.4. The minimum atomic E-state index is -0.938. The minimum Gasteiger partial charge on any atom is -0.496 e. The molecule has 2 aromatic rings. The fourth-order valence-electron chi connectivity index (χ4n) is 1.74. The standard InChI is InChI=1S/C15H19N3O2S.ClH/c1-9-5-6-12(20-4)10(7-9)11-8-21-14(17-11)18-13(19)15(2,3)16;/h5-8H,16H2,1-4H3,(H,17,18,19);1H. The molecule has 7 heteroatoms. The lowest BCUT2D eigenvalue weighted by Gasteiger charge is -2.16. The van der Waals surface area contributed by atoms with E-state index in [-0.39, 0.29) is 18.3 Å². The molecule has 3 N–H and O–H groups in total. The van der Waals surface area contributed by atoms with Gasteiger partial charge in [-0.2, -0.15) is 0 Å². The second-order valence-corrected chi connectivity index (χ2v) is 6.28. The van der Waals surface area contributed by atoms with E-state index >= 15 is 0 Å². The first-order valence-electron chi connectivity index (χ1n) is 6.52. The molecule has 0 unspecified atom stereocenters. The van der Waals surface area contributed by atoms with Gasteiger partial charge in [0, 0.05) is 10.9 Å². The van der Waals surface area contributed by atoms with Gasteiger partial charge in [0.1, 0.15) is 5.75 Å². The molecule has 1 amide bonds. The zero-order valence-corrected chi connectivity index (χ0v) is 14.6. The third-order valence-corrected chi connectivity index (χ3v) is 3.70. The van der Waals surface area contributed by atoms with Gasteiger partial charge in [-0.05, 0) is 32.9 Å². The molecule has 22 heavy (non-hydrogen) atoms. The number of aryl methyl sites for hydroxylation is 1. The monoisotopic (exact) mass is 341 g/mol. The highest BCUT2D eigenvalue weighted by molar-refractivity contribution is 7.14. The maximum atomic E-state index is 11.9. The van der Waals surface area contributed by atoms with E-state index in [1.165, 1.54) is 11.3 Å². The van der Waals surface area contributed by atoms with Gasteiger partial charge in [-0.3, -0.25) is 4.79 Å². The maximum absolute atomic E-state index is 11.9. The number of carbonyl (C=O) groups excluding carboxylic acids is 1. The molecule has 0 fully saturated rings. The fourth-order valence-corrected chi connectivity index (χ4v) is 2.44. The SMILES string of the molecule is COc1ccc(C)cc1-c1csc(NC(=O)C(C)(C)N)n1.Cl. The van der Waals surface area contributed by atoms with Crippen LogP contribution in [0.25, 0.3) is 11.3 Å². The zero-order chi connectivity index (χ0) is 15.6. The highest BCUT2D eigenvalue weighted by Crippen LogP contribution is 2.33. The van der Waals surface area contributed by atoms with Crippen molar-refractivity contribution in [1.29, 1.82) is 0 Å². The van der Waals surface area contributed by atoms with Gasteiger partial charge in [-0.15, -0.1) is 23.7 Å². The lowest BCUT2D eigenvalue weighted by molar-refractivity contribution is -0.120. The number of halogens is 1. The second kappa shape index (κ2) is 7.09. The number of hydrogen-bond acceptors (Lipinski definition) is 5. The number of thiazole rings is 1. The number of anilines is 1. The number of hydrogen-bond donors (Lipinski definition) is 2. The Hall–Kier alpha value is -1.63. The summed E-state index contributed by atoms with van der Waals surface area (Å²) in [5.74, 6) is 0.488. The van der Waals surface area contributed by atoms with Crippen LogP contribution in [0.5, 0.6) is 5.75 Å². The number of nitrogens with zero attached hydrogens (tertiary/aromatic N) is 1. The molecular formula is C15H20ClN3O2S. The molecule has 5 nitrogen and oxygen atoms in total. The number of nitrogens with two attached hydrogens (primary N) is 1. The van der Waals surface area contributed by atoms with E-state index in [4.69, 9.17) is 10.5 Å². The highest BCUT2D eigenvalue weighted by atomic mass is 35.5. The number of rotatable bonds is 4. The molecule has 0 atom stereocenters. The Labute approximate surface area is 140 Å². The van der Waals surface area contributed by atoms with E-state index in [9.17, 15) is 4.79 Å². The normalized spacial score (nSPS) is 10.8. The van der Waals surface area contributed by atoms with Crippen LogP contribution in [0.15, 0.2) is 23.6 Å². The van der Waals surface area contributed by atoms with Crippen molar-refractivity contribution in [3.63, 3.8) is 0 Å². The Morgan fingerprint density at radius 3 is 2.68 bits per heavy atom. The minimum absolute atomic E-state index is 0. The van der Waals surface area contributed by atoms with Crippen molar-refractivity contribution < 1.29 is 9.53 Å². The number of benzene rings is 1. The summed E-state index contributed by atoms with van der Waals surface area (Å²) in [7, 11) is 1.63. The van der Waals surface area contributed by atoms with Gasteiger partial charge in [0.2, 0.25) is 5.91 Å². The Morgan fingerprint density at radius 2 is 2.09 bits per heavy atom. The van der Waals surface area contributed by atoms with Crippen LogP contribution in [0.2, 0.25) is 0 Å². The van der Waals surface area contributed by atoms with Gasteiger partial charge in [-0.25, -0.2) is 4.98 Å². The molecule has 0 aliphatic heterocycles. The van der Waals surface area contributed by atoms with Gasteiger partial charge < -0.3 is 15.8 Å². The molecule has 1 aromatic heterocycles. The summed E-state index contributed by atoms with van der Waals surface area (Å²) in [6.45, 7) is 5.32. The number of carbonyl (C=O) groups is 1. The quantitative estimate of drug-likeness (QED) is 0.895. The molecule has 2 rings (SSSR count). The van der Waals surface area contributed by atoms with E-state index in [2.05, 4.69) is 10.3 Å². The third-order valence-electron chi connectivity index (χ3n) is 2.94. The number of amides is 1. The number of aromatic nitrogens is 1. The first-order chi connectivity index (χ1) is 9.81. The summed E-state index contributed by atoms with van der Waals surface area (Å²) < 4.78 is 5.36. The molecule has 120 valence electrons. The van der Waals surface area contributed by atoms with Crippen molar-refractivity contribution in [2.45, 2.75) is 26.3 Å². The Kier molecular flexibility index (Phi) is 5.93. The number of ether oxygens (including phenoxy) is 1. The summed E-state index contributed by atoms with van der Waals surface area (Å²) in [6, 6.07) is 5.89. The number of nitrogens with one attached hydrogen (secondary N) is 1. The van der Waals surface area contributed by atoms with Crippen LogP contribution in [0.1, 0.15) is 19.4 Å². The molecular weight excluding hydrogens is 322 g/mol. The van der Waals surface area contributed by atoms with Crippen molar-refractivity contribution in [2.24, 2.45) is 5.73 Å². The molecule has 0 bridgehead atoms. The molecule has 0 spiro atoms. The average molecular weight is 342 g/mol. The van der Waals surface area contributed by atoms with E-state index in [0.29, 0.717) is 5.13 Å². The Balaban J connectivity index is 0.00000242. The molecule has 0 saturated carbocycles. The molecule has 1 aromatic carbocycles.